The first-order chi connectivity index (χ1) is 8.75. The molecule has 1 rings (SSSR count). The number of hydrogen-bond acceptors (Lipinski definition) is 2. The highest BCUT2D eigenvalue weighted by molar-refractivity contribution is 8.08. The summed E-state index contributed by atoms with van der Waals surface area (Å²) < 4.78 is 28.0. The molecule has 0 aliphatic rings. The van der Waals surface area contributed by atoms with Crippen LogP contribution in [0.25, 0.3) is 4.91 Å². The van der Waals surface area contributed by atoms with E-state index in [0.717, 1.165) is 17.4 Å². The number of alkyl halides is 2. The largest absolute Gasteiger partial charge is 0.286 e. The van der Waals surface area contributed by atoms with Gasteiger partial charge in [0.05, 0.1) is 5.69 Å². The van der Waals surface area contributed by atoms with E-state index in [2.05, 4.69) is 18.3 Å². The molecule has 0 aliphatic heterocycles. The van der Waals surface area contributed by atoms with Gasteiger partial charge in [-0.05, 0) is 19.1 Å². The number of rotatable bonds is 6. The molecule has 1 aromatic heterocycles. The van der Waals surface area contributed by atoms with E-state index in [-0.39, 0.29) is 5.69 Å². The van der Waals surface area contributed by atoms with Gasteiger partial charge < -0.3 is 0 Å². The normalized spacial score (nSPS) is 12.6. The van der Waals surface area contributed by atoms with E-state index < -0.39 is 5.92 Å². The number of aryl methyl sites for hydroxylation is 1. The summed E-state index contributed by atoms with van der Waals surface area (Å²) in [6, 6.07) is 1.42. The number of nitrogens with zero attached hydrogens (tertiary/aromatic N) is 2. The molecule has 1 aromatic rings. The summed E-state index contributed by atoms with van der Waals surface area (Å²) in [5.74, 6) is -2.19. The quantitative estimate of drug-likeness (QED) is 0.570. The fourth-order valence-electron chi connectivity index (χ4n) is 1.51. The second-order valence-corrected chi connectivity index (χ2v) is 5.46. The lowest BCUT2D eigenvalue weighted by Crippen LogP contribution is -2.12. The van der Waals surface area contributed by atoms with Crippen LogP contribution >= 0.6 is 11.8 Å². The molecule has 104 valence electrons. The van der Waals surface area contributed by atoms with Gasteiger partial charge in [0.2, 0.25) is 0 Å². The lowest BCUT2D eigenvalue weighted by atomic mass is 10.2. The van der Waals surface area contributed by atoms with Crippen LogP contribution in [0.2, 0.25) is 0 Å². The van der Waals surface area contributed by atoms with Gasteiger partial charge in [-0.15, -0.1) is 11.8 Å². The fourth-order valence-corrected chi connectivity index (χ4v) is 2.36. The van der Waals surface area contributed by atoms with Gasteiger partial charge in [0.1, 0.15) is 5.69 Å². The first-order valence-electron chi connectivity index (χ1n) is 5.78. The Morgan fingerprint density at radius 2 is 2.21 bits per heavy atom. The molecule has 0 atom stereocenters. The zero-order valence-electron chi connectivity index (χ0n) is 11.4. The number of halogens is 2. The summed E-state index contributed by atoms with van der Waals surface area (Å²) in [6.45, 7) is 10.2. The molecule has 0 aromatic carbocycles. The molecule has 0 radical (unpaired) electrons. The van der Waals surface area contributed by atoms with Gasteiger partial charge in [0, 0.05) is 24.6 Å². The van der Waals surface area contributed by atoms with E-state index in [9.17, 15) is 8.78 Å². The Bertz CT molecular complexity index is 510. The predicted molar refractivity (Wildman–Crippen MR) is 78.2 cm³/mol. The molecule has 5 heteroatoms. The van der Waals surface area contributed by atoms with Crippen molar-refractivity contribution in [2.24, 2.45) is 7.05 Å². The van der Waals surface area contributed by atoms with Crippen molar-refractivity contribution >= 4 is 16.7 Å². The van der Waals surface area contributed by atoms with Crippen molar-refractivity contribution in [3.8, 4) is 0 Å². The van der Waals surface area contributed by atoms with Gasteiger partial charge in [0.15, 0.2) is 0 Å². The van der Waals surface area contributed by atoms with Crippen molar-refractivity contribution in [2.45, 2.75) is 19.8 Å². The molecule has 0 saturated heterocycles. The Morgan fingerprint density at radius 3 is 2.63 bits per heavy atom. The second kappa shape index (κ2) is 6.19. The zero-order valence-corrected chi connectivity index (χ0v) is 12.2. The van der Waals surface area contributed by atoms with E-state index in [0.29, 0.717) is 11.4 Å². The van der Waals surface area contributed by atoms with Gasteiger partial charge >= 0.3 is 0 Å². The Labute approximate surface area is 116 Å². The van der Waals surface area contributed by atoms with Crippen molar-refractivity contribution in [1.29, 1.82) is 0 Å². The Hall–Kier alpha value is -1.36. The number of thioether (sulfide) groups is 1. The minimum Gasteiger partial charge on any atom is -0.266 e. The Kier molecular flexibility index (Phi) is 5.11. The molecule has 1 heterocycles. The molecule has 0 aliphatic carbocycles. The molecule has 0 fully saturated rings. The molecule has 0 spiro atoms. The fraction of sp³-hybridized carbons (Fsp3) is 0.357. The van der Waals surface area contributed by atoms with Gasteiger partial charge in [0.25, 0.3) is 5.92 Å². The van der Waals surface area contributed by atoms with E-state index in [1.807, 2.05) is 6.92 Å². The maximum Gasteiger partial charge on any atom is 0.286 e. The van der Waals surface area contributed by atoms with Crippen LogP contribution in [0.3, 0.4) is 0 Å². The topological polar surface area (TPSA) is 17.8 Å². The highest BCUT2D eigenvalue weighted by Crippen LogP contribution is 2.33. The van der Waals surface area contributed by atoms with Crippen LogP contribution in [0.4, 0.5) is 8.78 Å². The van der Waals surface area contributed by atoms with Crippen LogP contribution in [0.5, 0.6) is 0 Å². The van der Waals surface area contributed by atoms with Crippen molar-refractivity contribution in [3.63, 3.8) is 0 Å². The lowest BCUT2D eigenvalue weighted by Gasteiger charge is -2.08. The van der Waals surface area contributed by atoms with Gasteiger partial charge in [-0.25, -0.2) is 0 Å². The van der Waals surface area contributed by atoms with Crippen molar-refractivity contribution < 1.29 is 8.78 Å². The Balaban J connectivity index is 3.08. The third-order valence-electron chi connectivity index (χ3n) is 2.33. The smallest absolute Gasteiger partial charge is 0.266 e. The summed E-state index contributed by atoms with van der Waals surface area (Å²) in [5, 5.41) is 4.14. The summed E-state index contributed by atoms with van der Waals surface area (Å²) in [5.41, 5.74) is 1.44. The first-order valence-corrected chi connectivity index (χ1v) is 6.77. The van der Waals surface area contributed by atoms with Crippen molar-refractivity contribution in [3.05, 3.63) is 48.3 Å². The SMILES string of the molecule is C=C/C=C(\SCC(=C)C)c1cc(C(C)(F)F)n(C)n1. The minimum atomic E-state index is -2.90. The highest BCUT2D eigenvalue weighted by Gasteiger charge is 2.29. The van der Waals surface area contributed by atoms with E-state index >= 15 is 0 Å². The Morgan fingerprint density at radius 1 is 1.58 bits per heavy atom. The van der Waals surface area contributed by atoms with Gasteiger partial charge in [-0.1, -0.05) is 24.8 Å². The van der Waals surface area contributed by atoms with Crippen molar-refractivity contribution in [2.75, 3.05) is 5.75 Å². The molecule has 19 heavy (non-hydrogen) atoms. The van der Waals surface area contributed by atoms with Crippen LogP contribution in [0.15, 0.2) is 36.9 Å². The van der Waals surface area contributed by atoms with Crippen molar-refractivity contribution in [1.82, 2.24) is 9.78 Å². The van der Waals surface area contributed by atoms with Crippen LogP contribution in [-0.2, 0) is 13.0 Å². The highest BCUT2D eigenvalue weighted by atomic mass is 32.2. The number of hydrogen-bond donors (Lipinski definition) is 0. The maximum atomic E-state index is 13.4. The number of allylic oxidation sites excluding steroid dienone is 2. The summed E-state index contributed by atoms with van der Waals surface area (Å²) in [7, 11) is 1.52. The molecule has 0 N–H and O–H groups in total. The third-order valence-corrected chi connectivity index (χ3v) is 3.62. The first kappa shape index (κ1) is 15.7. The average Bonchev–Trinajstić information content (AvgIpc) is 2.65. The summed E-state index contributed by atoms with van der Waals surface area (Å²) in [6.07, 6.45) is 3.40. The molecule has 0 unspecified atom stereocenters. The van der Waals surface area contributed by atoms with Crippen LogP contribution in [-0.4, -0.2) is 15.5 Å². The summed E-state index contributed by atoms with van der Waals surface area (Å²) >= 11 is 1.51. The lowest BCUT2D eigenvalue weighted by molar-refractivity contribution is 0.00883. The molecular weight excluding hydrogens is 266 g/mol. The number of aromatic nitrogens is 2. The molecular formula is C14H18F2N2S. The monoisotopic (exact) mass is 284 g/mol. The molecule has 2 nitrogen and oxygen atoms in total. The predicted octanol–water partition coefficient (Wildman–Crippen LogP) is 4.37. The van der Waals surface area contributed by atoms with E-state index in [4.69, 9.17) is 0 Å². The van der Waals surface area contributed by atoms with Crippen LogP contribution in [0, 0.1) is 0 Å². The maximum absolute atomic E-state index is 13.4. The van der Waals surface area contributed by atoms with Gasteiger partial charge in [-0.2, -0.15) is 13.9 Å². The minimum absolute atomic E-state index is 0.103. The molecule has 0 bridgehead atoms. The van der Waals surface area contributed by atoms with Crippen LogP contribution < -0.4 is 0 Å². The standard InChI is InChI=1S/C14H18F2N2S/c1-6-7-12(19-9-10(2)3)11-8-13(14(4,15)16)18(5)17-11/h6-8H,1-2,9H2,3-5H3/b12-7-. The van der Waals surface area contributed by atoms with E-state index in [1.54, 1.807) is 12.2 Å². The molecule has 0 saturated carbocycles. The van der Waals surface area contributed by atoms with Crippen LogP contribution in [0.1, 0.15) is 25.2 Å². The summed E-state index contributed by atoms with van der Waals surface area (Å²) in [4.78, 5) is 0.809. The average molecular weight is 284 g/mol. The third kappa shape index (κ3) is 4.35. The molecule has 0 amide bonds. The second-order valence-electron chi connectivity index (χ2n) is 4.44. The van der Waals surface area contributed by atoms with E-state index in [1.165, 1.54) is 29.6 Å². The zero-order chi connectivity index (χ0) is 14.6. The van der Waals surface area contributed by atoms with Gasteiger partial charge in [-0.3, -0.25) is 4.68 Å².